The minimum absolute atomic E-state index is 0.109. The van der Waals surface area contributed by atoms with Gasteiger partial charge in [-0.05, 0) is 50.2 Å². The Morgan fingerprint density at radius 2 is 1.78 bits per heavy atom. The number of nitrogens with zero attached hydrogens (tertiary/aromatic N) is 3. The molecule has 2 aromatic carbocycles. The minimum atomic E-state index is -0.899. The molecule has 1 atom stereocenters. The van der Waals surface area contributed by atoms with Gasteiger partial charge in [0.1, 0.15) is 0 Å². The maximum absolute atomic E-state index is 13.2. The molecule has 0 radical (unpaired) electrons. The van der Waals surface area contributed by atoms with Crippen molar-refractivity contribution in [2.45, 2.75) is 26.2 Å². The van der Waals surface area contributed by atoms with Crippen LogP contribution in [-0.2, 0) is 9.59 Å². The second-order valence-corrected chi connectivity index (χ2v) is 7.80. The SMILES string of the molecule is CC(=O)c1ccc(N2C(=O)CC(c3c(C)[nH]n(-c4nc5ccccc5[nH]4)c3=O)C2=O)cc1. The summed E-state index contributed by atoms with van der Waals surface area (Å²) < 4.78 is 1.26. The maximum Gasteiger partial charge on any atom is 0.278 e. The Kier molecular flexibility index (Phi) is 4.40. The highest BCUT2D eigenvalue weighted by Gasteiger charge is 2.43. The average molecular weight is 429 g/mol. The number of anilines is 1. The molecule has 0 aliphatic carbocycles. The Hall–Kier alpha value is -4.27. The molecule has 1 aliphatic heterocycles. The first-order valence-electron chi connectivity index (χ1n) is 10.1. The number of aromatic amines is 2. The Morgan fingerprint density at radius 3 is 2.47 bits per heavy atom. The van der Waals surface area contributed by atoms with Crippen molar-refractivity contribution in [1.29, 1.82) is 0 Å². The third-order valence-electron chi connectivity index (χ3n) is 5.73. The number of H-pyrrole nitrogens is 2. The van der Waals surface area contributed by atoms with Gasteiger partial charge in [0.15, 0.2) is 5.78 Å². The topological polar surface area (TPSA) is 121 Å². The number of ketones is 1. The number of imide groups is 1. The van der Waals surface area contributed by atoms with E-state index in [4.69, 9.17) is 0 Å². The molecule has 0 saturated carbocycles. The van der Waals surface area contributed by atoms with Crippen molar-refractivity contribution in [3.63, 3.8) is 0 Å². The Labute approximate surface area is 181 Å². The number of fused-ring (bicyclic) bond motifs is 1. The normalized spacial score (nSPS) is 16.3. The zero-order chi connectivity index (χ0) is 22.6. The third kappa shape index (κ3) is 2.97. The summed E-state index contributed by atoms with van der Waals surface area (Å²) in [4.78, 5) is 59.2. The van der Waals surface area contributed by atoms with Crippen LogP contribution in [0.15, 0.2) is 53.3 Å². The largest absolute Gasteiger partial charge is 0.322 e. The second kappa shape index (κ2) is 7.16. The van der Waals surface area contributed by atoms with Gasteiger partial charge >= 0.3 is 0 Å². The number of Topliss-reactive ketones (excluding diaryl/α,β-unsaturated/α-hetero) is 1. The molecule has 5 rings (SSSR count). The predicted molar refractivity (Wildman–Crippen MR) is 117 cm³/mol. The van der Waals surface area contributed by atoms with Crippen molar-refractivity contribution in [3.8, 4) is 5.95 Å². The molecular formula is C23H19N5O4. The summed E-state index contributed by atoms with van der Waals surface area (Å²) >= 11 is 0. The second-order valence-electron chi connectivity index (χ2n) is 7.80. The van der Waals surface area contributed by atoms with E-state index in [1.54, 1.807) is 31.2 Å². The van der Waals surface area contributed by atoms with Crippen LogP contribution >= 0.6 is 0 Å². The molecule has 32 heavy (non-hydrogen) atoms. The molecule has 4 aromatic rings. The van der Waals surface area contributed by atoms with Gasteiger partial charge in [-0.15, -0.1) is 0 Å². The van der Waals surface area contributed by atoms with Gasteiger partial charge in [-0.3, -0.25) is 29.2 Å². The Morgan fingerprint density at radius 1 is 1.06 bits per heavy atom. The standard InChI is InChI=1S/C23H19N5O4/c1-12-20(22(32)28(26-12)23-24-17-5-3-4-6-18(17)25-23)16-11-19(30)27(21(16)31)15-9-7-14(8-10-15)13(2)29/h3-10,16,26H,11H2,1-2H3,(H,24,25). The molecule has 1 saturated heterocycles. The van der Waals surface area contributed by atoms with Crippen molar-refractivity contribution in [1.82, 2.24) is 19.7 Å². The number of hydrogen-bond acceptors (Lipinski definition) is 5. The molecule has 1 aliphatic rings. The summed E-state index contributed by atoms with van der Waals surface area (Å²) in [6, 6.07) is 13.6. The molecule has 0 spiro atoms. The fraction of sp³-hybridized carbons (Fsp3) is 0.174. The number of carbonyl (C=O) groups excluding carboxylic acids is 3. The average Bonchev–Trinajstić information content (AvgIpc) is 3.41. The fourth-order valence-corrected chi connectivity index (χ4v) is 4.14. The van der Waals surface area contributed by atoms with E-state index in [0.29, 0.717) is 28.4 Å². The highest BCUT2D eigenvalue weighted by atomic mass is 16.2. The van der Waals surface area contributed by atoms with Gasteiger partial charge in [-0.25, -0.2) is 4.98 Å². The number of benzene rings is 2. The summed E-state index contributed by atoms with van der Waals surface area (Å²) in [5, 5.41) is 2.97. The molecule has 0 bridgehead atoms. The van der Waals surface area contributed by atoms with Crippen molar-refractivity contribution in [2.24, 2.45) is 0 Å². The van der Waals surface area contributed by atoms with Gasteiger partial charge in [0.05, 0.1) is 28.2 Å². The number of aromatic nitrogens is 4. The van der Waals surface area contributed by atoms with Crippen LogP contribution in [0.2, 0.25) is 0 Å². The van der Waals surface area contributed by atoms with E-state index in [-0.39, 0.29) is 17.8 Å². The summed E-state index contributed by atoms with van der Waals surface area (Å²) in [6.07, 6.45) is -0.110. The molecule has 9 heteroatoms. The highest BCUT2D eigenvalue weighted by molar-refractivity contribution is 6.22. The quantitative estimate of drug-likeness (QED) is 0.382. The predicted octanol–water partition coefficient (Wildman–Crippen LogP) is 2.60. The number of amides is 2. The zero-order valence-electron chi connectivity index (χ0n) is 17.4. The Bertz CT molecular complexity index is 1420. The van der Waals surface area contributed by atoms with Crippen LogP contribution in [0.3, 0.4) is 0 Å². The van der Waals surface area contributed by atoms with E-state index in [2.05, 4.69) is 15.1 Å². The van der Waals surface area contributed by atoms with E-state index in [1.165, 1.54) is 11.6 Å². The van der Waals surface area contributed by atoms with Crippen LogP contribution < -0.4 is 10.5 Å². The number of nitrogens with one attached hydrogen (secondary N) is 2. The first kappa shape index (κ1) is 19.7. The molecule has 2 aromatic heterocycles. The van der Waals surface area contributed by atoms with Gasteiger partial charge in [0, 0.05) is 17.7 Å². The number of hydrogen-bond donors (Lipinski definition) is 2. The monoisotopic (exact) mass is 429 g/mol. The fourth-order valence-electron chi connectivity index (χ4n) is 4.14. The lowest BCUT2D eigenvalue weighted by atomic mass is 9.98. The van der Waals surface area contributed by atoms with Crippen LogP contribution in [0.4, 0.5) is 5.69 Å². The van der Waals surface area contributed by atoms with E-state index in [9.17, 15) is 19.2 Å². The van der Waals surface area contributed by atoms with Crippen LogP contribution in [0, 0.1) is 6.92 Å². The number of rotatable bonds is 4. The van der Waals surface area contributed by atoms with Crippen LogP contribution in [0.5, 0.6) is 0 Å². The lowest BCUT2D eigenvalue weighted by Crippen LogP contribution is -2.31. The van der Waals surface area contributed by atoms with Gasteiger partial charge < -0.3 is 4.98 Å². The minimum Gasteiger partial charge on any atom is -0.322 e. The molecule has 160 valence electrons. The van der Waals surface area contributed by atoms with Gasteiger partial charge in [0.25, 0.3) is 5.56 Å². The summed E-state index contributed by atoms with van der Waals surface area (Å²) in [5.41, 5.74) is 2.65. The summed E-state index contributed by atoms with van der Waals surface area (Å²) in [6.45, 7) is 3.14. The first-order chi connectivity index (χ1) is 15.3. The third-order valence-corrected chi connectivity index (χ3v) is 5.73. The van der Waals surface area contributed by atoms with Crippen molar-refractivity contribution in [3.05, 3.63) is 75.7 Å². The van der Waals surface area contributed by atoms with Crippen LogP contribution in [0.25, 0.3) is 17.0 Å². The lowest BCUT2D eigenvalue weighted by molar-refractivity contribution is -0.121. The zero-order valence-corrected chi connectivity index (χ0v) is 17.4. The van der Waals surface area contributed by atoms with Gasteiger partial charge in [-0.2, -0.15) is 4.68 Å². The molecule has 9 nitrogen and oxygen atoms in total. The van der Waals surface area contributed by atoms with Gasteiger partial charge in [-0.1, -0.05) is 12.1 Å². The van der Waals surface area contributed by atoms with Gasteiger partial charge in [0.2, 0.25) is 17.8 Å². The number of carbonyl (C=O) groups is 3. The van der Waals surface area contributed by atoms with Crippen LogP contribution in [-0.4, -0.2) is 37.3 Å². The molecule has 1 fully saturated rings. The van der Waals surface area contributed by atoms with Crippen molar-refractivity contribution < 1.29 is 14.4 Å². The molecule has 2 amide bonds. The summed E-state index contributed by atoms with van der Waals surface area (Å²) in [7, 11) is 0. The van der Waals surface area contributed by atoms with Crippen molar-refractivity contribution >= 4 is 34.3 Å². The van der Waals surface area contributed by atoms with E-state index in [1.807, 2.05) is 24.3 Å². The molecule has 1 unspecified atom stereocenters. The maximum atomic E-state index is 13.2. The van der Waals surface area contributed by atoms with Crippen LogP contribution in [0.1, 0.15) is 40.9 Å². The van der Waals surface area contributed by atoms with E-state index in [0.717, 1.165) is 10.4 Å². The van der Waals surface area contributed by atoms with E-state index < -0.39 is 23.3 Å². The molecule has 2 N–H and O–H groups in total. The summed E-state index contributed by atoms with van der Waals surface area (Å²) in [5.74, 6) is -1.57. The van der Waals surface area contributed by atoms with E-state index >= 15 is 0 Å². The van der Waals surface area contributed by atoms with Crippen molar-refractivity contribution in [2.75, 3.05) is 4.90 Å². The first-order valence-corrected chi connectivity index (χ1v) is 10.1. The number of aryl methyl sites for hydroxylation is 1. The smallest absolute Gasteiger partial charge is 0.278 e. The molecular weight excluding hydrogens is 410 g/mol. The lowest BCUT2D eigenvalue weighted by Gasteiger charge is -2.15. The Balaban J connectivity index is 1.51. The highest BCUT2D eigenvalue weighted by Crippen LogP contribution is 2.33. The number of para-hydroxylation sites is 2. The molecule has 3 heterocycles. The number of imidazole rings is 1.